The van der Waals surface area contributed by atoms with Gasteiger partial charge in [-0.15, -0.1) is 0 Å². The molecule has 4 aromatic rings. The Labute approximate surface area is 305 Å². The molecular weight excluding hydrogens is 829 g/mol. The first-order valence-corrected chi connectivity index (χ1v) is 17.3. The summed E-state index contributed by atoms with van der Waals surface area (Å²) in [6, 6.07) is 5.70. The van der Waals surface area contributed by atoms with Crippen LogP contribution in [-0.2, 0) is 36.1 Å². The van der Waals surface area contributed by atoms with E-state index >= 15 is 0 Å². The van der Waals surface area contributed by atoms with Crippen molar-refractivity contribution >= 4 is 61.1 Å². The average Bonchev–Trinajstić information content (AvgIpc) is 3.35. The van der Waals surface area contributed by atoms with Gasteiger partial charge in [0.2, 0.25) is 0 Å². The minimum atomic E-state index is -0.912. The average molecular weight is 858 g/mol. The summed E-state index contributed by atoms with van der Waals surface area (Å²) in [7, 11) is 5.98. The van der Waals surface area contributed by atoms with E-state index in [-0.39, 0.29) is 69.4 Å². The van der Waals surface area contributed by atoms with Crippen molar-refractivity contribution < 1.29 is 28.9 Å². The van der Waals surface area contributed by atoms with Crippen molar-refractivity contribution in [2.45, 2.75) is 37.9 Å². The van der Waals surface area contributed by atoms with E-state index in [1.165, 1.54) is 41.3 Å². The van der Waals surface area contributed by atoms with Crippen molar-refractivity contribution in [1.29, 1.82) is 0 Å². The SMILES string of the molecule is COc1cc2nc(CCn3c(=O)n4n(c3=O)[C@@H]3CC5=C(C(=O)C(I)=CC5=O)[C@@H](c5cc(Br)cc(OC)c5O)C3=CC4)c(=O)n(C)c2cc1OC. The minimum absolute atomic E-state index is 0.00932. The molecule has 0 amide bonds. The third-order valence-corrected chi connectivity index (χ3v) is 10.8. The highest BCUT2D eigenvalue weighted by molar-refractivity contribution is 14.1. The first kappa shape index (κ1) is 33.8. The highest BCUT2D eigenvalue weighted by atomic mass is 127. The number of Topliss-reactive ketones (excluding diaryl/α,β-unsaturated/α-hetero) is 1. The number of methoxy groups -OCH3 is 3. The lowest BCUT2D eigenvalue weighted by molar-refractivity contribution is -0.115. The molecule has 2 atom stereocenters. The molecule has 0 unspecified atom stereocenters. The van der Waals surface area contributed by atoms with Crippen molar-refractivity contribution in [2.24, 2.45) is 7.05 Å². The zero-order valence-electron chi connectivity index (χ0n) is 27.2. The van der Waals surface area contributed by atoms with Gasteiger partial charge in [0.25, 0.3) is 5.56 Å². The van der Waals surface area contributed by atoms with Gasteiger partial charge in [0.15, 0.2) is 34.6 Å². The van der Waals surface area contributed by atoms with E-state index in [0.29, 0.717) is 38.1 Å². The summed E-state index contributed by atoms with van der Waals surface area (Å²) < 4.78 is 22.0. The number of aromatic hydroxyl groups is 1. The number of ether oxygens (including phenoxy) is 3. The van der Waals surface area contributed by atoms with Crippen molar-refractivity contribution in [3.63, 3.8) is 0 Å². The molecule has 7 rings (SSSR count). The molecule has 0 spiro atoms. The summed E-state index contributed by atoms with van der Waals surface area (Å²) in [6.45, 7) is -0.155. The Balaban J connectivity index is 1.31. The number of carbonyl (C=O) groups excluding carboxylic acids is 2. The molecule has 2 aromatic heterocycles. The maximum absolute atomic E-state index is 14.1. The normalized spacial score (nSPS) is 18.4. The molecule has 0 fully saturated rings. The summed E-state index contributed by atoms with van der Waals surface area (Å²) in [5.41, 5.74) is 0.802. The molecule has 2 aromatic carbocycles. The minimum Gasteiger partial charge on any atom is -0.504 e. The summed E-state index contributed by atoms with van der Waals surface area (Å²) in [4.78, 5) is 72.9. The molecule has 16 heteroatoms. The van der Waals surface area contributed by atoms with Gasteiger partial charge >= 0.3 is 11.4 Å². The van der Waals surface area contributed by atoms with Gasteiger partial charge in [-0.1, -0.05) is 22.0 Å². The first-order chi connectivity index (χ1) is 23.9. The maximum atomic E-state index is 14.1. The van der Waals surface area contributed by atoms with Crippen LogP contribution < -0.4 is 31.1 Å². The van der Waals surface area contributed by atoms with Gasteiger partial charge in [-0.05, 0) is 40.3 Å². The van der Waals surface area contributed by atoms with E-state index in [0.717, 1.165) is 4.57 Å². The molecule has 258 valence electrons. The van der Waals surface area contributed by atoms with Gasteiger partial charge in [0.1, 0.15) is 5.69 Å². The fourth-order valence-electron chi connectivity index (χ4n) is 7.12. The number of rotatable bonds is 7. The van der Waals surface area contributed by atoms with Crippen molar-refractivity contribution in [3.8, 4) is 23.0 Å². The lowest BCUT2D eigenvalue weighted by Gasteiger charge is -2.39. The number of phenols is 1. The van der Waals surface area contributed by atoms with Gasteiger partial charge in [-0.3, -0.25) is 14.4 Å². The van der Waals surface area contributed by atoms with E-state index in [4.69, 9.17) is 14.2 Å². The Morgan fingerprint density at radius 1 is 0.980 bits per heavy atom. The predicted molar refractivity (Wildman–Crippen MR) is 193 cm³/mol. The number of hydrogen-bond acceptors (Lipinski definition) is 10. The summed E-state index contributed by atoms with van der Waals surface area (Å²) in [6.07, 6.45) is 2.99. The fraction of sp³-hybridized carbons (Fsp3) is 0.294. The highest BCUT2D eigenvalue weighted by Gasteiger charge is 2.46. The molecule has 14 nitrogen and oxygen atoms in total. The van der Waals surface area contributed by atoms with Crippen LogP contribution in [0.25, 0.3) is 11.0 Å². The molecule has 3 aliphatic rings. The topological polar surface area (TPSA) is 166 Å². The number of aryl methyl sites for hydroxylation is 2. The fourth-order valence-corrected chi connectivity index (χ4v) is 8.15. The second-order valence-corrected chi connectivity index (χ2v) is 14.1. The number of benzene rings is 2. The Hall–Kier alpha value is -4.71. The van der Waals surface area contributed by atoms with E-state index < -0.39 is 28.9 Å². The molecule has 2 aliphatic carbocycles. The number of allylic oxidation sites excluding steroid dienone is 6. The summed E-state index contributed by atoms with van der Waals surface area (Å²) >= 11 is 5.29. The van der Waals surface area contributed by atoms with Crippen LogP contribution in [0.1, 0.15) is 29.6 Å². The molecular formula is C34H29BrIN5O9. The van der Waals surface area contributed by atoms with Crippen molar-refractivity contribution in [3.05, 3.63) is 104 Å². The van der Waals surface area contributed by atoms with Gasteiger partial charge in [-0.2, -0.15) is 0 Å². The second kappa shape index (κ2) is 12.6. The Bertz CT molecular complexity index is 2470. The van der Waals surface area contributed by atoms with Crippen LogP contribution in [0.3, 0.4) is 0 Å². The van der Waals surface area contributed by atoms with Crippen molar-refractivity contribution in [2.75, 3.05) is 21.3 Å². The first-order valence-electron chi connectivity index (χ1n) is 15.4. The summed E-state index contributed by atoms with van der Waals surface area (Å²) in [5, 5.41) is 11.3. The molecule has 50 heavy (non-hydrogen) atoms. The number of nitrogens with zero attached hydrogens (tertiary/aromatic N) is 5. The largest absolute Gasteiger partial charge is 0.504 e. The lowest BCUT2D eigenvalue weighted by atomic mass is 9.68. The van der Waals surface area contributed by atoms with E-state index in [9.17, 15) is 29.1 Å². The molecule has 0 bridgehead atoms. The van der Waals surface area contributed by atoms with Crippen LogP contribution in [0, 0.1) is 0 Å². The smallest absolute Gasteiger partial charge is 0.347 e. The van der Waals surface area contributed by atoms with Crippen molar-refractivity contribution in [1.82, 2.24) is 23.5 Å². The van der Waals surface area contributed by atoms with Crippen LogP contribution >= 0.6 is 38.5 Å². The van der Waals surface area contributed by atoms with Crippen LogP contribution in [0.15, 0.2) is 75.6 Å². The monoisotopic (exact) mass is 857 g/mol. The number of carbonyl (C=O) groups is 2. The van der Waals surface area contributed by atoms with Gasteiger partial charge in [0.05, 0.1) is 48.5 Å². The molecule has 0 saturated carbocycles. The Morgan fingerprint density at radius 2 is 1.68 bits per heavy atom. The molecule has 1 N–H and O–H groups in total. The second-order valence-electron chi connectivity index (χ2n) is 12.0. The highest BCUT2D eigenvalue weighted by Crippen LogP contribution is 2.53. The summed E-state index contributed by atoms with van der Waals surface area (Å²) in [5.74, 6) is -0.844. The maximum Gasteiger partial charge on any atom is 0.347 e. The molecule has 1 aliphatic heterocycles. The van der Waals surface area contributed by atoms with Crippen LogP contribution in [0.5, 0.6) is 23.0 Å². The third kappa shape index (κ3) is 5.09. The quantitative estimate of drug-likeness (QED) is 0.166. The lowest BCUT2D eigenvalue weighted by Crippen LogP contribution is -2.40. The Morgan fingerprint density at radius 3 is 2.38 bits per heavy atom. The zero-order chi connectivity index (χ0) is 35.8. The van der Waals surface area contributed by atoms with Crippen LogP contribution in [0.4, 0.5) is 0 Å². The van der Waals surface area contributed by atoms with Gasteiger partial charge in [0, 0.05) is 71.7 Å². The zero-order valence-corrected chi connectivity index (χ0v) is 30.9. The molecule has 0 radical (unpaired) electrons. The number of hydrogen-bond donors (Lipinski definition) is 1. The van der Waals surface area contributed by atoms with Crippen LogP contribution in [-0.4, -0.2) is 61.5 Å². The van der Waals surface area contributed by atoms with E-state index in [1.807, 2.05) is 22.6 Å². The number of halogens is 2. The van der Waals surface area contributed by atoms with E-state index in [2.05, 4.69) is 20.9 Å². The molecule has 3 heterocycles. The standard InChI is InChI=1S/C34H29BrIN5O9/c1-38-23-14-26(49-3)25(48-2)13-21(23)37-20(32(38)45)6-7-39-33(46)40-8-5-16-22(41(40)34(39)47)11-17-24(42)12-19(36)31(44)29(17)28(16)18-9-15(35)10-27(50-4)30(18)43/h5,9-10,12-14,22,28,43H,6-8,11H2,1-4H3/t22-,28-/m1/s1. The number of aromatic nitrogens is 5. The van der Waals surface area contributed by atoms with Gasteiger partial charge in [-0.25, -0.2) is 28.5 Å². The number of ketones is 2. The number of phenolic OH excluding ortho intramolecular Hbond substituents is 1. The Kier molecular flexibility index (Phi) is 8.48. The molecule has 0 saturated heterocycles. The van der Waals surface area contributed by atoms with Gasteiger partial charge < -0.3 is 23.9 Å². The van der Waals surface area contributed by atoms with E-state index in [1.54, 1.807) is 37.4 Å². The van der Waals surface area contributed by atoms with Crippen LogP contribution in [0.2, 0.25) is 0 Å². The third-order valence-electron chi connectivity index (χ3n) is 9.50. The number of fused-ring (bicyclic) bond motifs is 4. The predicted octanol–water partition coefficient (Wildman–Crippen LogP) is 3.23.